The summed E-state index contributed by atoms with van der Waals surface area (Å²) >= 11 is 1.71. The molecule has 1 saturated heterocycles. The van der Waals surface area contributed by atoms with Crippen molar-refractivity contribution in [3.8, 4) is 0 Å². The minimum Gasteiger partial charge on any atom is -0.357 e. The molecule has 138 valence electrons. The molecule has 1 aromatic rings. The number of guanidine groups is 1. The van der Waals surface area contributed by atoms with Crippen LogP contribution in [0.25, 0.3) is 0 Å². The van der Waals surface area contributed by atoms with Crippen LogP contribution in [0.1, 0.15) is 43.8 Å². The Morgan fingerprint density at radius 3 is 2.71 bits per heavy atom. The number of halogens is 1. The maximum atomic E-state index is 4.71. The number of thiazole rings is 1. The van der Waals surface area contributed by atoms with E-state index in [4.69, 9.17) is 4.99 Å². The molecule has 0 unspecified atom stereocenters. The number of hydrogen-bond acceptors (Lipinski definition) is 4. The Morgan fingerprint density at radius 1 is 1.38 bits per heavy atom. The molecule has 0 saturated carbocycles. The predicted molar refractivity (Wildman–Crippen MR) is 115 cm³/mol. The standard InChI is InChI=1S/C17H31N5S.HI/c1-4-10-22-11-7-15(8-12-22)21-17(18-5-2)19-9-6-16-13-23-14(3)20-16;/h13,15H,4-12H2,1-3H3,(H2,18,19,21);1H. The Hall–Kier alpha value is -0.410. The van der Waals surface area contributed by atoms with Gasteiger partial charge in [0.2, 0.25) is 0 Å². The van der Waals surface area contributed by atoms with Gasteiger partial charge in [-0.3, -0.25) is 4.99 Å². The summed E-state index contributed by atoms with van der Waals surface area (Å²) in [5, 5.41) is 10.2. The monoisotopic (exact) mass is 465 g/mol. The summed E-state index contributed by atoms with van der Waals surface area (Å²) in [4.78, 5) is 11.8. The molecule has 1 aliphatic heterocycles. The Bertz CT molecular complexity index is 483. The number of rotatable bonds is 7. The Balaban J connectivity index is 0.00000288. The number of aromatic nitrogens is 1. The summed E-state index contributed by atoms with van der Waals surface area (Å²) < 4.78 is 0. The van der Waals surface area contributed by atoms with E-state index in [1.807, 2.05) is 6.92 Å². The first-order valence-corrected chi connectivity index (χ1v) is 9.77. The van der Waals surface area contributed by atoms with Crippen LogP contribution in [0.3, 0.4) is 0 Å². The van der Waals surface area contributed by atoms with Crippen molar-refractivity contribution in [2.45, 2.75) is 52.5 Å². The van der Waals surface area contributed by atoms with Crippen LogP contribution in [0.5, 0.6) is 0 Å². The molecule has 1 aromatic heterocycles. The van der Waals surface area contributed by atoms with Crippen LogP contribution in [0.4, 0.5) is 0 Å². The third-order valence-corrected chi connectivity index (χ3v) is 4.94. The quantitative estimate of drug-likeness (QED) is 0.369. The zero-order valence-corrected chi connectivity index (χ0v) is 18.3. The van der Waals surface area contributed by atoms with Crippen LogP contribution in [0, 0.1) is 6.92 Å². The maximum Gasteiger partial charge on any atom is 0.191 e. The zero-order valence-electron chi connectivity index (χ0n) is 15.2. The van der Waals surface area contributed by atoms with Crippen LogP contribution in [0.2, 0.25) is 0 Å². The van der Waals surface area contributed by atoms with E-state index < -0.39 is 0 Å². The molecule has 1 fully saturated rings. The van der Waals surface area contributed by atoms with Gasteiger partial charge in [-0.1, -0.05) is 6.92 Å². The molecule has 0 bridgehead atoms. The molecule has 0 aromatic carbocycles. The summed E-state index contributed by atoms with van der Waals surface area (Å²) in [6.07, 6.45) is 4.57. The van der Waals surface area contributed by atoms with Crippen LogP contribution < -0.4 is 10.6 Å². The van der Waals surface area contributed by atoms with Crippen molar-refractivity contribution in [3.05, 3.63) is 16.1 Å². The molecular weight excluding hydrogens is 433 g/mol. The Kier molecular flexibility index (Phi) is 10.8. The SMILES string of the molecule is CCCN1CCC(NC(=NCCc2csc(C)n2)NCC)CC1.I. The van der Waals surface area contributed by atoms with E-state index in [1.165, 1.54) is 38.9 Å². The van der Waals surface area contributed by atoms with Gasteiger partial charge in [-0.05, 0) is 39.7 Å². The summed E-state index contributed by atoms with van der Waals surface area (Å²) in [7, 11) is 0. The van der Waals surface area contributed by atoms with E-state index in [-0.39, 0.29) is 24.0 Å². The summed E-state index contributed by atoms with van der Waals surface area (Å²) in [6, 6.07) is 0.544. The number of nitrogens with zero attached hydrogens (tertiary/aromatic N) is 3. The second-order valence-electron chi connectivity index (χ2n) is 6.13. The van der Waals surface area contributed by atoms with Crippen molar-refractivity contribution in [3.63, 3.8) is 0 Å². The molecule has 2 N–H and O–H groups in total. The molecule has 0 aliphatic carbocycles. The van der Waals surface area contributed by atoms with Crippen molar-refractivity contribution in [2.75, 3.05) is 32.7 Å². The van der Waals surface area contributed by atoms with Crippen molar-refractivity contribution < 1.29 is 0 Å². The lowest BCUT2D eigenvalue weighted by Gasteiger charge is -2.32. The van der Waals surface area contributed by atoms with Crippen molar-refractivity contribution in [1.29, 1.82) is 0 Å². The van der Waals surface area contributed by atoms with E-state index in [9.17, 15) is 0 Å². The molecule has 0 amide bonds. The average Bonchev–Trinajstić information content (AvgIpc) is 2.95. The maximum absolute atomic E-state index is 4.71. The minimum absolute atomic E-state index is 0. The van der Waals surface area contributed by atoms with Crippen molar-refractivity contribution >= 4 is 41.3 Å². The molecule has 0 radical (unpaired) electrons. The number of likely N-dealkylation sites (tertiary alicyclic amines) is 1. The van der Waals surface area contributed by atoms with Crippen molar-refractivity contribution in [1.82, 2.24) is 20.5 Å². The fourth-order valence-corrected chi connectivity index (χ4v) is 3.58. The molecule has 2 heterocycles. The fourth-order valence-electron chi connectivity index (χ4n) is 2.94. The Labute approximate surface area is 167 Å². The van der Waals surface area contributed by atoms with E-state index in [2.05, 4.69) is 39.7 Å². The van der Waals surface area contributed by atoms with E-state index >= 15 is 0 Å². The highest BCUT2D eigenvalue weighted by atomic mass is 127. The van der Waals surface area contributed by atoms with Crippen LogP contribution in [0.15, 0.2) is 10.4 Å². The molecule has 0 atom stereocenters. The second kappa shape index (κ2) is 12.0. The molecular formula is C17H32IN5S. The average molecular weight is 465 g/mol. The van der Waals surface area contributed by atoms with E-state index in [0.29, 0.717) is 6.04 Å². The van der Waals surface area contributed by atoms with Gasteiger partial charge in [0.1, 0.15) is 0 Å². The van der Waals surface area contributed by atoms with Crippen molar-refractivity contribution in [2.24, 2.45) is 4.99 Å². The van der Waals surface area contributed by atoms with E-state index in [0.717, 1.165) is 36.2 Å². The van der Waals surface area contributed by atoms with E-state index in [1.54, 1.807) is 11.3 Å². The first-order valence-electron chi connectivity index (χ1n) is 8.89. The summed E-state index contributed by atoms with van der Waals surface area (Å²) in [6.45, 7) is 11.7. The van der Waals surface area contributed by atoms with Crippen LogP contribution >= 0.6 is 35.3 Å². The third kappa shape index (κ3) is 7.65. The number of nitrogens with one attached hydrogen (secondary N) is 2. The minimum atomic E-state index is 0. The van der Waals surface area contributed by atoms with Gasteiger partial charge in [-0.15, -0.1) is 35.3 Å². The fraction of sp³-hybridized carbons (Fsp3) is 0.765. The topological polar surface area (TPSA) is 52.5 Å². The summed E-state index contributed by atoms with van der Waals surface area (Å²) in [5.74, 6) is 0.952. The highest BCUT2D eigenvalue weighted by Gasteiger charge is 2.19. The van der Waals surface area contributed by atoms with Gasteiger partial charge < -0.3 is 15.5 Å². The number of hydrogen-bond donors (Lipinski definition) is 2. The first kappa shape index (κ1) is 21.6. The lowest BCUT2D eigenvalue weighted by atomic mass is 10.1. The van der Waals surface area contributed by atoms with Crippen LogP contribution in [-0.2, 0) is 6.42 Å². The molecule has 1 aliphatic rings. The number of aryl methyl sites for hydroxylation is 1. The number of aliphatic imine (C=N–C) groups is 1. The summed E-state index contributed by atoms with van der Waals surface area (Å²) in [5.41, 5.74) is 1.15. The van der Waals surface area contributed by atoms with Crippen LogP contribution in [-0.4, -0.2) is 54.6 Å². The Morgan fingerprint density at radius 2 is 2.12 bits per heavy atom. The van der Waals surface area contributed by atoms with Gasteiger partial charge >= 0.3 is 0 Å². The second-order valence-corrected chi connectivity index (χ2v) is 7.19. The normalized spacial score (nSPS) is 16.7. The van der Waals surface area contributed by atoms with Gasteiger partial charge in [0.25, 0.3) is 0 Å². The molecule has 5 nitrogen and oxygen atoms in total. The lowest BCUT2D eigenvalue weighted by Crippen LogP contribution is -2.48. The van der Waals surface area contributed by atoms with Gasteiger partial charge in [0.05, 0.1) is 10.7 Å². The molecule has 24 heavy (non-hydrogen) atoms. The molecule has 7 heteroatoms. The number of piperidine rings is 1. The van der Waals surface area contributed by atoms with Gasteiger partial charge in [0, 0.05) is 44.0 Å². The smallest absolute Gasteiger partial charge is 0.191 e. The lowest BCUT2D eigenvalue weighted by molar-refractivity contribution is 0.206. The first-order chi connectivity index (χ1) is 11.2. The van der Waals surface area contributed by atoms with Gasteiger partial charge in [-0.25, -0.2) is 4.98 Å². The highest BCUT2D eigenvalue weighted by Crippen LogP contribution is 2.11. The highest BCUT2D eigenvalue weighted by molar-refractivity contribution is 14.0. The third-order valence-electron chi connectivity index (χ3n) is 4.12. The molecule has 2 rings (SSSR count). The molecule has 0 spiro atoms. The van der Waals surface area contributed by atoms with Gasteiger partial charge in [0.15, 0.2) is 5.96 Å². The zero-order chi connectivity index (χ0) is 16.5. The largest absolute Gasteiger partial charge is 0.357 e. The van der Waals surface area contributed by atoms with Gasteiger partial charge in [-0.2, -0.15) is 0 Å². The predicted octanol–water partition coefficient (Wildman–Crippen LogP) is 3.04.